The Morgan fingerprint density at radius 2 is 2.03 bits per heavy atom. The van der Waals surface area contributed by atoms with E-state index in [-0.39, 0.29) is 12.3 Å². The molecule has 2 aromatic carbocycles. The lowest BCUT2D eigenvalue weighted by Crippen LogP contribution is -2.14. The molecular formula is C21H19FN6O3. The van der Waals surface area contributed by atoms with Gasteiger partial charge in [-0.2, -0.15) is 4.68 Å². The molecule has 0 aliphatic heterocycles. The van der Waals surface area contributed by atoms with E-state index >= 15 is 0 Å². The fourth-order valence-electron chi connectivity index (χ4n) is 3.00. The monoisotopic (exact) mass is 422 g/mol. The Morgan fingerprint density at radius 3 is 2.74 bits per heavy atom. The number of carbonyl (C=O) groups excluding carboxylic acids is 1. The number of rotatable bonds is 6. The van der Waals surface area contributed by atoms with Crippen molar-refractivity contribution < 1.29 is 18.4 Å². The highest BCUT2D eigenvalue weighted by Gasteiger charge is 2.14. The molecule has 158 valence electrons. The number of halogens is 1. The highest BCUT2D eigenvalue weighted by molar-refractivity contribution is 6.04. The molecule has 0 aliphatic rings. The quantitative estimate of drug-likeness (QED) is 0.506. The van der Waals surface area contributed by atoms with Gasteiger partial charge in [0.25, 0.3) is 5.91 Å². The zero-order chi connectivity index (χ0) is 22.0. The van der Waals surface area contributed by atoms with Gasteiger partial charge in [-0.1, -0.05) is 11.2 Å². The second-order valence-electron chi connectivity index (χ2n) is 6.88. The van der Waals surface area contributed by atoms with Crippen LogP contribution in [0.1, 0.15) is 33.2 Å². The average Bonchev–Trinajstić information content (AvgIpc) is 3.33. The first-order chi connectivity index (χ1) is 14.9. The van der Waals surface area contributed by atoms with Gasteiger partial charge in [0.1, 0.15) is 23.9 Å². The van der Waals surface area contributed by atoms with E-state index in [4.69, 9.17) is 9.26 Å². The van der Waals surface area contributed by atoms with Crippen molar-refractivity contribution in [1.82, 2.24) is 25.4 Å². The second-order valence-corrected chi connectivity index (χ2v) is 6.88. The average molecular weight is 422 g/mol. The van der Waals surface area contributed by atoms with E-state index < -0.39 is 11.7 Å². The minimum Gasteiger partial charge on any atom is -0.489 e. The number of ether oxygens (including phenoxy) is 1. The Labute approximate surface area is 176 Å². The molecule has 4 rings (SSSR count). The molecule has 1 N–H and O–H groups in total. The first-order valence-corrected chi connectivity index (χ1v) is 9.43. The maximum Gasteiger partial charge on any atom is 0.255 e. The molecule has 0 fully saturated rings. The molecule has 4 aromatic rings. The number of hydrogen-bond donors (Lipinski definition) is 1. The lowest BCUT2D eigenvalue weighted by Gasteiger charge is -2.11. The molecule has 0 radical (unpaired) electrons. The summed E-state index contributed by atoms with van der Waals surface area (Å²) in [7, 11) is 0. The molecule has 9 nitrogen and oxygen atoms in total. The maximum atomic E-state index is 14.3. The molecule has 0 saturated carbocycles. The number of carbonyl (C=O) groups is 1. The molecule has 31 heavy (non-hydrogen) atoms. The molecule has 1 amide bonds. The second kappa shape index (κ2) is 8.34. The van der Waals surface area contributed by atoms with Crippen LogP contribution in [0.15, 0.2) is 47.0 Å². The summed E-state index contributed by atoms with van der Waals surface area (Å²) >= 11 is 0. The van der Waals surface area contributed by atoms with Crippen molar-refractivity contribution in [2.75, 3.05) is 5.32 Å². The largest absolute Gasteiger partial charge is 0.489 e. The van der Waals surface area contributed by atoms with Gasteiger partial charge in [-0.15, -0.1) is 5.10 Å². The Kier molecular flexibility index (Phi) is 5.44. The smallest absolute Gasteiger partial charge is 0.255 e. The van der Waals surface area contributed by atoms with Gasteiger partial charge < -0.3 is 14.6 Å². The number of benzene rings is 2. The lowest BCUT2D eigenvalue weighted by molar-refractivity contribution is 0.102. The van der Waals surface area contributed by atoms with Crippen LogP contribution >= 0.6 is 0 Å². The number of aromatic nitrogens is 5. The SMILES string of the molecule is Cc1noc(C)c1COc1cccc(C(=O)Nc2cc(-n3nnnc3C)ccc2F)c1. The van der Waals surface area contributed by atoms with Crippen molar-refractivity contribution in [3.8, 4) is 11.4 Å². The third kappa shape index (κ3) is 4.27. The van der Waals surface area contributed by atoms with Crippen LogP contribution < -0.4 is 10.1 Å². The summed E-state index contributed by atoms with van der Waals surface area (Å²) in [5.41, 5.74) is 2.46. The van der Waals surface area contributed by atoms with Crippen LogP contribution in [0, 0.1) is 26.6 Å². The van der Waals surface area contributed by atoms with Crippen LogP contribution in [0.4, 0.5) is 10.1 Å². The lowest BCUT2D eigenvalue weighted by atomic mass is 10.2. The third-order valence-electron chi connectivity index (χ3n) is 4.73. The van der Waals surface area contributed by atoms with Crippen molar-refractivity contribution in [2.24, 2.45) is 0 Å². The van der Waals surface area contributed by atoms with E-state index in [9.17, 15) is 9.18 Å². The summed E-state index contributed by atoms with van der Waals surface area (Å²) in [6, 6.07) is 10.9. The van der Waals surface area contributed by atoms with Crippen LogP contribution in [0.25, 0.3) is 5.69 Å². The highest BCUT2D eigenvalue weighted by atomic mass is 19.1. The van der Waals surface area contributed by atoms with Gasteiger partial charge >= 0.3 is 0 Å². The minimum absolute atomic E-state index is 0.0134. The fraction of sp³-hybridized carbons (Fsp3) is 0.190. The Bertz CT molecular complexity index is 1230. The van der Waals surface area contributed by atoms with Gasteiger partial charge in [-0.3, -0.25) is 4.79 Å². The molecular weight excluding hydrogens is 403 g/mol. The summed E-state index contributed by atoms with van der Waals surface area (Å²) in [6.07, 6.45) is 0. The van der Waals surface area contributed by atoms with Crippen molar-refractivity contribution >= 4 is 11.6 Å². The van der Waals surface area contributed by atoms with Gasteiger partial charge in [-0.05, 0) is 67.6 Å². The van der Waals surface area contributed by atoms with E-state index in [0.717, 1.165) is 11.3 Å². The van der Waals surface area contributed by atoms with E-state index in [1.54, 1.807) is 31.2 Å². The zero-order valence-electron chi connectivity index (χ0n) is 17.1. The molecule has 2 heterocycles. The topological polar surface area (TPSA) is 108 Å². The first-order valence-electron chi connectivity index (χ1n) is 9.43. The fourth-order valence-corrected chi connectivity index (χ4v) is 3.00. The number of hydrogen-bond acceptors (Lipinski definition) is 7. The molecule has 0 atom stereocenters. The van der Waals surface area contributed by atoms with Crippen LogP contribution in [0.2, 0.25) is 0 Å². The third-order valence-corrected chi connectivity index (χ3v) is 4.73. The zero-order valence-corrected chi connectivity index (χ0v) is 17.1. The van der Waals surface area contributed by atoms with Crippen molar-refractivity contribution in [1.29, 1.82) is 0 Å². The number of anilines is 1. The van der Waals surface area contributed by atoms with Gasteiger partial charge in [-0.25, -0.2) is 4.39 Å². The summed E-state index contributed by atoms with van der Waals surface area (Å²) in [5.74, 6) is 0.652. The first kappa shape index (κ1) is 20.2. The van der Waals surface area contributed by atoms with E-state index in [0.29, 0.717) is 28.6 Å². The summed E-state index contributed by atoms with van der Waals surface area (Å²) in [6.45, 7) is 5.62. The Hall–Kier alpha value is -4.08. The standard InChI is InChI=1S/C21H19FN6O3/c1-12-18(13(2)31-25-12)11-30-17-6-4-5-15(9-17)21(29)23-20-10-16(7-8-19(20)22)28-14(3)24-26-27-28/h4-10H,11H2,1-3H3,(H,23,29). The van der Waals surface area contributed by atoms with Gasteiger partial charge in [0.15, 0.2) is 5.82 Å². The van der Waals surface area contributed by atoms with Crippen LogP contribution in [-0.2, 0) is 6.61 Å². The Balaban J connectivity index is 1.50. The minimum atomic E-state index is -0.575. The maximum absolute atomic E-state index is 14.3. The van der Waals surface area contributed by atoms with Crippen molar-refractivity contribution in [3.63, 3.8) is 0 Å². The molecule has 0 saturated heterocycles. The predicted octanol–water partition coefficient (Wildman–Crippen LogP) is 3.55. The number of nitrogens with zero attached hydrogens (tertiary/aromatic N) is 5. The number of aryl methyl sites for hydroxylation is 3. The van der Waals surface area contributed by atoms with E-state index in [1.165, 1.54) is 22.9 Å². The van der Waals surface area contributed by atoms with Gasteiger partial charge in [0, 0.05) is 5.56 Å². The van der Waals surface area contributed by atoms with Crippen LogP contribution in [-0.4, -0.2) is 31.3 Å². The molecule has 0 spiro atoms. The molecule has 0 bridgehead atoms. The summed E-state index contributed by atoms with van der Waals surface area (Å²) in [5, 5.41) is 17.7. The van der Waals surface area contributed by atoms with Crippen molar-refractivity contribution in [2.45, 2.75) is 27.4 Å². The Morgan fingerprint density at radius 1 is 1.19 bits per heavy atom. The van der Waals surface area contributed by atoms with E-state index in [1.807, 2.05) is 13.8 Å². The number of nitrogens with one attached hydrogen (secondary N) is 1. The summed E-state index contributed by atoms with van der Waals surface area (Å²) in [4.78, 5) is 12.7. The van der Waals surface area contributed by atoms with Crippen LogP contribution in [0.3, 0.4) is 0 Å². The molecule has 0 unspecified atom stereocenters. The van der Waals surface area contributed by atoms with Crippen LogP contribution in [0.5, 0.6) is 5.75 Å². The molecule has 0 aliphatic carbocycles. The predicted molar refractivity (Wildman–Crippen MR) is 109 cm³/mol. The number of tetrazole rings is 1. The van der Waals surface area contributed by atoms with Crippen molar-refractivity contribution in [3.05, 3.63) is 76.7 Å². The number of amides is 1. The highest BCUT2D eigenvalue weighted by Crippen LogP contribution is 2.22. The van der Waals surface area contributed by atoms with Gasteiger partial charge in [0.2, 0.25) is 0 Å². The molecule has 10 heteroatoms. The molecule has 2 aromatic heterocycles. The normalized spacial score (nSPS) is 10.8. The van der Waals surface area contributed by atoms with E-state index in [2.05, 4.69) is 26.0 Å². The summed E-state index contributed by atoms with van der Waals surface area (Å²) < 4.78 is 26.7. The van der Waals surface area contributed by atoms with Gasteiger partial charge in [0.05, 0.1) is 22.6 Å².